The van der Waals surface area contributed by atoms with Crippen molar-refractivity contribution in [3.05, 3.63) is 84.6 Å². The molecular weight excluding hydrogens is 581 g/mol. The largest absolute Gasteiger partial charge is 0.486 e. The SMILES string of the molecule is O=C(O)CN1C2=C(C(=O)CCC2)C(c2cc(Cl)c(OCc3ccc(Br)cc3)c(Cl)c2)C2=C1CCCC2=O. The van der Waals surface area contributed by atoms with Crippen molar-refractivity contribution in [2.75, 3.05) is 6.54 Å². The lowest BCUT2D eigenvalue weighted by atomic mass is 9.71. The summed E-state index contributed by atoms with van der Waals surface area (Å²) in [6, 6.07) is 11.1. The second kappa shape index (κ2) is 10.6. The Balaban J connectivity index is 1.57. The number of hydrogen-bond acceptors (Lipinski definition) is 5. The van der Waals surface area contributed by atoms with Crippen molar-refractivity contribution >= 4 is 56.7 Å². The third kappa shape index (κ3) is 5.09. The van der Waals surface area contributed by atoms with Gasteiger partial charge in [-0.05, 0) is 61.1 Å². The van der Waals surface area contributed by atoms with Crippen LogP contribution in [0, 0.1) is 0 Å². The first-order chi connectivity index (χ1) is 17.7. The molecule has 0 atom stereocenters. The highest BCUT2D eigenvalue weighted by Gasteiger charge is 2.44. The number of aliphatic carboxylic acids is 1. The Morgan fingerprint density at radius 3 is 2.00 bits per heavy atom. The van der Waals surface area contributed by atoms with E-state index in [4.69, 9.17) is 27.9 Å². The summed E-state index contributed by atoms with van der Waals surface area (Å²) in [5.74, 6) is -1.46. The van der Waals surface area contributed by atoms with Crippen molar-refractivity contribution in [1.82, 2.24) is 4.90 Å². The summed E-state index contributed by atoms with van der Waals surface area (Å²) < 4.78 is 6.90. The Bertz CT molecular complexity index is 1300. The highest BCUT2D eigenvalue weighted by atomic mass is 79.9. The number of allylic oxidation sites excluding steroid dienone is 4. The minimum Gasteiger partial charge on any atom is -0.486 e. The molecule has 5 rings (SSSR count). The van der Waals surface area contributed by atoms with Crippen LogP contribution in [0.5, 0.6) is 5.75 Å². The first kappa shape index (κ1) is 26.0. The Morgan fingerprint density at radius 1 is 0.946 bits per heavy atom. The standard InChI is InChI=1S/C28H24BrCl2NO5/c29-17-9-7-15(8-10-17)14-37-28-18(30)11-16(12-19(28)31)25-26-20(3-1-5-22(26)33)32(13-24(35)36)21-4-2-6-23(34)27(21)25/h7-12,25H,1-6,13-14H2,(H,35,36). The molecule has 0 saturated heterocycles. The van der Waals surface area contributed by atoms with Crippen LogP contribution in [0.2, 0.25) is 10.0 Å². The van der Waals surface area contributed by atoms with E-state index >= 15 is 0 Å². The van der Waals surface area contributed by atoms with Gasteiger partial charge in [-0.25, -0.2) is 0 Å². The third-order valence-electron chi connectivity index (χ3n) is 7.03. The van der Waals surface area contributed by atoms with E-state index in [1.807, 2.05) is 24.3 Å². The average molecular weight is 605 g/mol. The minimum atomic E-state index is -1.01. The Hall–Kier alpha value is -2.61. The van der Waals surface area contributed by atoms with E-state index in [1.54, 1.807) is 17.0 Å². The highest BCUT2D eigenvalue weighted by Crippen LogP contribution is 2.50. The van der Waals surface area contributed by atoms with Gasteiger partial charge in [0.05, 0.1) is 10.0 Å². The summed E-state index contributed by atoms with van der Waals surface area (Å²) in [6.07, 6.45) is 3.13. The van der Waals surface area contributed by atoms with E-state index in [0.29, 0.717) is 72.4 Å². The van der Waals surface area contributed by atoms with Gasteiger partial charge in [-0.2, -0.15) is 0 Å². The number of carbonyl (C=O) groups excluding carboxylic acids is 2. The lowest BCUT2D eigenvalue weighted by Gasteiger charge is -2.43. The first-order valence-electron chi connectivity index (χ1n) is 12.1. The quantitative estimate of drug-likeness (QED) is 0.389. The molecule has 0 saturated carbocycles. The summed E-state index contributed by atoms with van der Waals surface area (Å²) in [5, 5.41) is 10.2. The van der Waals surface area contributed by atoms with E-state index in [1.165, 1.54) is 0 Å². The van der Waals surface area contributed by atoms with E-state index in [2.05, 4.69) is 15.9 Å². The number of halogens is 3. The molecule has 0 unspecified atom stereocenters. The topological polar surface area (TPSA) is 83.9 Å². The summed E-state index contributed by atoms with van der Waals surface area (Å²) in [6.45, 7) is -0.0173. The van der Waals surface area contributed by atoms with Gasteiger partial charge in [-0.3, -0.25) is 14.4 Å². The van der Waals surface area contributed by atoms with Crippen molar-refractivity contribution < 1.29 is 24.2 Å². The lowest BCUT2D eigenvalue weighted by molar-refractivity contribution is -0.138. The molecule has 192 valence electrons. The van der Waals surface area contributed by atoms with Gasteiger partial charge in [0.1, 0.15) is 13.2 Å². The number of carboxylic acids is 1. The van der Waals surface area contributed by atoms with E-state index in [0.717, 1.165) is 10.0 Å². The second-order valence-corrected chi connectivity index (χ2v) is 11.1. The van der Waals surface area contributed by atoms with Crippen LogP contribution < -0.4 is 4.74 Å². The maximum Gasteiger partial charge on any atom is 0.323 e. The first-order valence-corrected chi connectivity index (χ1v) is 13.7. The van der Waals surface area contributed by atoms with Crippen molar-refractivity contribution in [3.63, 3.8) is 0 Å². The molecular formula is C28H24BrCl2NO5. The lowest BCUT2D eigenvalue weighted by Crippen LogP contribution is -2.41. The van der Waals surface area contributed by atoms with Gasteiger partial charge in [0.2, 0.25) is 0 Å². The molecule has 2 aliphatic carbocycles. The number of Topliss-reactive ketones (excluding diaryl/α,β-unsaturated/α-hetero) is 2. The summed E-state index contributed by atoms with van der Waals surface area (Å²) in [7, 11) is 0. The van der Waals surface area contributed by atoms with Gasteiger partial charge in [0.25, 0.3) is 0 Å². The molecule has 9 heteroatoms. The molecule has 1 heterocycles. The van der Waals surface area contributed by atoms with Gasteiger partial charge in [0, 0.05) is 45.8 Å². The highest BCUT2D eigenvalue weighted by molar-refractivity contribution is 9.10. The number of hydrogen-bond donors (Lipinski definition) is 1. The normalized spacial score (nSPS) is 18.2. The zero-order valence-corrected chi connectivity index (χ0v) is 23.0. The molecule has 0 amide bonds. The molecule has 0 radical (unpaired) electrons. The summed E-state index contributed by atoms with van der Waals surface area (Å²) >= 11 is 16.7. The predicted molar refractivity (Wildman–Crippen MR) is 144 cm³/mol. The molecule has 1 N–H and O–H groups in total. The third-order valence-corrected chi connectivity index (χ3v) is 8.12. The predicted octanol–water partition coefficient (Wildman–Crippen LogP) is 6.83. The maximum atomic E-state index is 13.3. The number of ketones is 2. The molecule has 0 bridgehead atoms. The van der Waals surface area contributed by atoms with Gasteiger partial charge in [-0.1, -0.05) is 51.3 Å². The molecule has 1 aliphatic heterocycles. The number of carboxylic acid groups (broad SMARTS) is 1. The monoisotopic (exact) mass is 603 g/mol. The van der Waals surface area contributed by atoms with Crippen LogP contribution in [-0.4, -0.2) is 34.1 Å². The van der Waals surface area contributed by atoms with E-state index in [9.17, 15) is 19.5 Å². The molecule has 2 aromatic carbocycles. The summed E-state index contributed by atoms with van der Waals surface area (Å²) in [5.41, 5.74) is 3.93. The van der Waals surface area contributed by atoms with Crippen LogP contribution in [0.25, 0.3) is 0 Å². The van der Waals surface area contributed by atoms with Gasteiger partial charge in [0.15, 0.2) is 17.3 Å². The number of nitrogens with zero attached hydrogens (tertiary/aromatic N) is 1. The molecule has 0 aromatic heterocycles. The number of benzene rings is 2. The maximum absolute atomic E-state index is 13.3. The minimum absolute atomic E-state index is 0.0747. The van der Waals surface area contributed by atoms with Gasteiger partial charge in [-0.15, -0.1) is 0 Å². The molecule has 0 spiro atoms. The van der Waals surface area contributed by atoms with Crippen LogP contribution in [0.15, 0.2) is 63.4 Å². The van der Waals surface area contributed by atoms with Gasteiger partial charge >= 0.3 is 5.97 Å². The van der Waals surface area contributed by atoms with Crippen molar-refractivity contribution in [3.8, 4) is 5.75 Å². The molecule has 6 nitrogen and oxygen atoms in total. The Morgan fingerprint density at radius 2 is 1.49 bits per heavy atom. The smallest absolute Gasteiger partial charge is 0.323 e. The van der Waals surface area contributed by atoms with Crippen LogP contribution >= 0.6 is 39.1 Å². The Labute approximate surface area is 233 Å². The molecule has 3 aliphatic rings. The molecule has 37 heavy (non-hydrogen) atoms. The summed E-state index contributed by atoms with van der Waals surface area (Å²) in [4.78, 5) is 40.0. The number of ether oxygens (including phenoxy) is 1. The van der Waals surface area contributed by atoms with Crippen molar-refractivity contribution in [2.24, 2.45) is 0 Å². The zero-order chi connectivity index (χ0) is 26.3. The fourth-order valence-corrected chi connectivity index (χ4v) is 6.37. The Kier molecular flexibility index (Phi) is 7.48. The molecule has 0 fully saturated rings. The van der Waals surface area contributed by atoms with Crippen molar-refractivity contribution in [1.29, 1.82) is 0 Å². The van der Waals surface area contributed by atoms with Crippen LogP contribution in [0.4, 0.5) is 0 Å². The second-order valence-electron chi connectivity index (χ2n) is 9.42. The molecule has 2 aromatic rings. The fourth-order valence-electron chi connectivity index (χ4n) is 5.50. The fraction of sp³-hybridized carbons (Fsp3) is 0.321. The average Bonchev–Trinajstić information content (AvgIpc) is 2.85. The van der Waals surface area contributed by atoms with Crippen molar-refractivity contribution in [2.45, 2.75) is 51.0 Å². The number of carbonyl (C=O) groups is 3. The van der Waals surface area contributed by atoms with Crippen LogP contribution in [0.3, 0.4) is 0 Å². The van der Waals surface area contributed by atoms with Gasteiger partial charge < -0.3 is 14.7 Å². The zero-order valence-electron chi connectivity index (χ0n) is 19.9. The number of rotatable bonds is 6. The van der Waals surface area contributed by atoms with E-state index < -0.39 is 11.9 Å². The van der Waals surface area contributed by atoms with Crippen LogP contribution in [-0.2, 0) is 21.0 Å². The van der Waals surface area contributed by atoms with E-state index in [-0.39, 0.29) is 34.8 Å². The van der Waals surface area contributed by atoms with Crippen LogP contribution in [0.1, 0.15) is 55.6 Å².